The van der Waals surface area contributed by atoms with E-state index in [0.717, 1.165) is 31.2 Å². The van der Waals surface area contributed by atoms with Crippen molar-refractivity contribution in [3.63, 3.8) is 0 Å². The molecule has 1 aromatic carbocycles. The highest BCUT2D eigenvalue weighted by molar-refractivity contribution is 6.33. The quantitative estimate of drug-likeness (QED) is 0.691. The Hall–Kier alpha value is -0.570. The minimum absolute atomic E-state index is 0.135. The summed E-state index contributed by atoms with van der Waals surface area (Å²) in [6, 6.07) is 5.26. The van der Waals surface area contributed by atoms with Crippen molar-refractivity contribution in [1.29, 1.82) is 0 Å². The second-order valence-corrected chi connectivity index (χ2v) is 6.52. The predicted molar refractivity (Wildman–Crippen MR) is 87.2 cm³/mol. The molecule has 0 saturated heterocycles. The second kappa shape index (κ2) is 7.62. The Balaban J connectivity index is 2.20. The Labute approximate surface area is 136 Å². The van der Waals surface area contributed by atoms with Crippen molar-refractivity contribution in [1.82, 2.24) is 0 Å². The van der Waals surface area contributed by atoms with Gasteiger partial charge in [-0.3, -0.25) is 4.79 Å². The van der Waals surface area contributed by atoms with Gasteiger partial charge in [0, 0.05) is 23.1 Å². The first-order valence-electron chi connectivity index (χ1n) is 7.68. The lowest BCUT2D eigenvalue weighted by molar-refractivity contribution is -0.145. The molecule has 0 aromatic heterocycles. The Morgan fingerprint density at radius 1 is 1.19 bits per heavy atom. The number of hydrogen-bond donors (Lipinski definition) is 0. The van der Waals surface area contributed by atoms with Crippen LogP contribution in [0.4, 0.5) is 0 Å². The van der Waals surface area contributed by atoms with Gasteiger partial charge in [-0.2, -0.15) is 0 Å². The molecule has 0 heterocycles. The molecule has 0 bridgehead atoms. The molecule has 2 nitrogen and oxygen atoms in total. The molecule has 1 fully saturated rings. The molecule has 0 amide bonds. The van der Waals surface area contributed by atoms with Gasteiger partial charge in [0.1, 0.15) is 5.60 Å². The Bertz CT molecular complexity index is 492. The van der Waals surface area contributed by atoms with Crippen molar-refractivity contribution >= 4 is 29.0 Å². The highest BCUT2D eigenvalue weighted by Gasteiger charge is 2.38. The van der Waals surface area contributed by atoms with Gasteiger partial charge in [-0.15, -0.1) is 0 Å². The van der Waals surface area contributed by atoms with Crippen LogP contribution in [0, 0.1) is 0 Å². The largest absolute Gasteiger partial charge is 0.367 e. The van der Waals surface area contributed by atoms with Gasteiger partial charge in [0.25, 0.3) is 0 Å². The molecule has 1 aliphatic carbocycles. The van der Waals surface area contributed by atoms with E-state index in [1.165, 1.54) is 12.8 Å². The van der Waals surface area contributed by atoms with Crippen LogP contribution in [0.25, 0.3) is 0 Å². The highest BCUT2D eigenvalue weighted by atomic mass is 35.5. The summed E-state index contributed by atoms with van der Waals surface area (Å²) in [7, 11) is 0. The summed E-state index contributed by atoms with van der Waals surface area (Å²) < 4.78 is 5.93. The van der Waals surface area contributed by atoms with E-state index in [4.69, 9.17) is 27.9 Å². The zero-order valence-electron chi connectivity index (χ0n) is 12.5. The standard InChI is InChI=1S/C17H22Cl2O2/c1-2-21-17(9-5-3-4-6-10-17)16(20)12-13-11-14(18)7-8-15(13)19/h7-8,11H,2-6,9-10,12H2,1H3. The molecule has 21 heavy (non-hydrogen) atoms. The number of ketones is 1. The Morgan fingerprint density at radius 2 is 1.86 bits per heavy atom. The van der Waals surface area contributed by atoms with Crippen molar-refractivity contribution in [2.45, 2.75) is 57.5 Å². The van der Waals surface area contributed by atoms with Crippen LogP contribution in [0.2, 0.25) is 10.0 Å². The Morgan fingerprint density at radius 3 is 2.48 bits per heavy atom. The van der Waals surface area contributed by atoms with E-state index in [9.17, 15) is 4.79 Å². The molecule has 1 saturated carbocycles. The van der Waals surface area contributed by atoms with Crippen LogP contribution in [0.5, 0.6) is 0 Å². The molecule has 0 spiro atoms. The molecule has 1 aromatic rings. The van der Waals surface area contributed by atoms with Gasteiger partial charge < -0.3 is 4.74 Å². The average Bonchev–Trinajstić information content (AvgIpc) is 2.70. The van der Waals surface area contributed by atoms with Crippen molar-refractivity contribution in [3.8, 4) is 0 Å². The summed E-state index contributed by atoms with van der Waals surface area (Å²) in [5.74, 6) is 0.135. The minimum Gasteiger partial charge on any atom is -0.367 e. The average molecular weight is 329 g/mol. The first-order chi connectivity index (χ1) is 10.1. The van der Waals surface area contributed by atoms with Crippen LogP contribution in [-0.2, 0) is 16.0 Å². The number of carbonyl (C=O) groups excluding carboxylic acids is 1. The number of ether oxygens (including phenoxy) is 1. The van der Waals surface area contributed by atoms with Crippen molar-refractivity contribution < 1.29 is 9.53 Å². The summed E-state index contributed by atoms with van der Waals surface area (Å²) in [4.78, 5) is 12.9. The Kier molecular flexibility index (Phi) is 6.09. The van der Waals surface area contributed by atoms with E-state index in [2.05, 4.69) is 0 Å². The topological polar surface area (TPSA) is 26.3 Å². The van der Waals surface area contributed by atoms with Crippen molar-refractivity contribution in [3.05, 3.63) is 33.8 Å². The van der Waals surface area contributed by atoms with Crippen LogP contribution >= 0.6 is 23.2 Å². The van der Waals surface area contributed by atoms with E-state index in [0.29, 0.717) is 23.1 Å². The van der Waals surface area contributed by atoms with E-state index in [1.807, 2.05) is 6.92 Å². The van der Waals surface area contributed by atoms with E-state index in [-0.39, 0.29) is 5.78 Å². The summed E-state index contributed by atoms with van der Waals surface area (Å²) >= 11 is 12.2. The lowest BCUT2D eigenvalue weighted by Gasteiger charge is -2.31. The molecule has 0 N–H and O–H groups in total. The summed E-state index contributed by atoms with van der Waals surface area (Å²) in [6.07, 6.45) is 6.39. The summed E-state index contributed by atoms with van der Waals surface area (Å²) in [5, 5.41) is 1.20. The summed E-state index contributed by atoms with van der Waals surface area (Å²) in [6.45, 7) is 2.52. The van der Waals surface area contributed by atoms with E-state index in [1.54, 1.807) is 18.2 Å². The lowest BCUT2D eigenvalue weighted by Crippen LogP contribution is -2.42. The normalized spacial score (nSPS) is 18.2. The molecule has 4 heteroatoms. The van der Waals surface area contributed by atoms with Gasteiger partial charge in [0.05, 0.1) is 0 Å². The van der Waals surface area contributed by atoms with Crippen LogP contribution in [0.1, 0.15) is 51.0 Å². The van der Waals surface area contributed by atoms with E-state index >= 15 is 0 Å². The second-order valence-electron chi connectivity index (χ2n) is 5.68. The third-order valence-corrected chi connectivity index (χ3v) is 4.80. The minimum atomic E-state index is -0.628. The van der Waals surface area contributed by atoms with Gasteiger partial charge in [0.2, 0.25) is 0 Å². The number of Topliss-reactive ketones (excluding diaryl/α,β-unsaturated/α-hetero) is 1. The van der Waals surface area contributed by atoms with Crippen molar-refractivity contribution in [2.24, 2.45) is 0 Å². The molecule has 2 rings (SSSR count). The van der Waals surface area contributed by atoms with Gasteiger partial charge in [-0.1, -0.05) is 48.9 Å². The zero-order valence-corrected chi connectivity index (χ0v) is 14.0. The number of benzene rings is 1. The van der Waals surface area contributed by atoms with Crippen LogP contribution in [0.15, 0.2) is 18.2 Å². The molecule has 1 aliphatic rings. The SMILES string of the molecule is CCOC1(C(=O)Cc2cc(Cl)ccc2Cl)CCCCCC1. The van der Waals surface area contributed by atoms with E-state index < -0.39 is 5.60 Å². The number of hydrogen-bond acceptors (Lipinski definition) is 2. The molecule has 0 aliphatic heterocycles. The monoisotopic (exact) mass is 328 g/mol. The van der Waals surface area contributed by atoms with Crippen LogP contribution in [0.3, 0.4) is 0 Å². The number of halogens is 2. The van der Waals surface area contributed by atoms with Gasteiger partial charge >= 0.3 is 0 Å². The third kappa shape index (κ3) is 4.21. The molecule has 116 valence electrons. The van der Waals surface area contributed by atoms with Crippen LogP contribution in [-0.4, -0.2) is 18.0 Å². The fraction of sp³-hybridized carbons (Fsp3) is 0.588. The molecular formula is C17H22Cl2O2. The smallest absolute Gasteiger partial charge is 0.169 e. The summed E-state index contributed by atoms with van der Waals surface area (Å²) in [5.41, 5.74) is 0.161. The fourth-order valence-corrected chi connectivity index (χ4v) is 3.47. The predicted octanol–water partition coefficient (Wildman–Crippen LogP) is 5.23. The van der Waals surface area contributed by atoms with Crippen molar-refractivity contribution in [2.75, 3.05) is 6.61 Å². The maximum absolute atomic E-state index is 12.9. The zero-order chi connectivity index (χ0) is 15.3. The van der Waals surface area contributed by atoms with Crippen LogP contribution < -0.4 is 0 Å². The van der Waals surface area contributed by atoms with Gasteiger partial charge in [0.15, 0.2) is 5.78 Å². The lowest BCUT2D eigenvalue weighted by atomic mass is 9.86. The number of rotatable bonds is 5. The maximum Gasteiger partial charge on any atom is 0.169 e. The van der Waals surface area contributed by atoms with Gasteiger partial charge in [-0.05, 0) is 43.5 Å². The highest BCUT2D eigenvalue weighted by Crippen LogP contribution is 2.33. The maximum atomic E-state index is 12.9. The molecule has 0 radical (unpaired) electrons. The fourth-order valence-electron chi connectivity index (χ4n) is 3.09. The third-order valence-electron chi connectivity index (χ3n) is 4.20. The molecule has 0 atom stereocenters. The first-order valence-corrected chi connectivity index (χ1v) is 8.44. The first kappa shape index (κ1) is 16.8. The molecular weight excluding hydrogens is 307 g/mol. The van der Waals surface area contributed by atoms with Gasteiger partial charge in [-0.25, -0.2) is 0 Å². The molecule has 0 unspecified atom stereocenters. The number of carbonyl (C=O) groups is 1.